The average molecular weight is 393 g/mol. The van der Waals surface area contributed by atoms with Crippen LogP contribution in [0.15, 0.2) is 36.4 Å². The summed E-state index contributed by atoms with van der Waals surface area (Å²) in [4.78, 5) is 49.3. The topological polar surface area (TPSA) is 80.8 Å². The van der Waals surface area contributed by atoms with E-state index in [0.29, 0.717) is 11.1 Å². The van der Waals surface area contributed by atoms with E-state index in [4.69, 9.17) is 4.74 Å². The lowest BCUT2D eigenvalue weighted by molar-refractivity contribution is -0.139. The van der Waals surface area contributed by atoms with Crippen LogP contribution in [0.3, 0.4) is 0 Å². The highest BCUT2D eigenvalue weighted by molar-refractivity contribution is 6.02. The van der Waals surface area contributed by atoms with Crippen molar-refractivity contribution in [3.63, 3.8) is 0 Å². The van der Waals surface area contributed by atoms with Crippen LogP contribution in [0.1, 0.15) is 55.8 Å². The molecule has 1 fully saturated rings. The maximum atomic E-state index is 12.4. The Morgan fingerprint density at radius 2 is 1.48 bits per heavy atom. The number of aryl methyl sites for hydroxylation is 3. The fraction of sp³-hybridized carbons (Fsp3) is 0.304. The quantitative estimate of drug-likeness (QED) is 0.427. The highest BCUT2D eigenvalue weighted by Crippen LogP contribution is 2.18. The van der Waals surface area contributed by atoms with Gasteiger partial charge < -0.3 is 4.74 Å². The summed E-state index contributed by atoms with van der Waals surface area (Å²) < 4.78 is 5.17. The minimum atomic E-state index is -0.597. The van der Waals surface area contributed by atoms with Crippen LogP contribution in [0.4, 0.5) is 0 Å². The Labute approximate surface area is 169 Å². The number of benzene rings is 2. The number of esters is 1. The Morgan fingerprint density at radius 3 is 2.10 bits per heavy atom. The van der Waals surface area contributed by atoms with Crippen molar-refractivity contribution in [2.45, 2.75) is 40.2 Å². The molecule has 6 heteroatoms. The first-order chi connectivity index (χ1) is 13.8. The molecule has 0 aromatic heterocycles. The molecule has 2 aromatic carbocycles. The van der Waals surface area contributed by atoms with Gasteiger partial charge in [-0.2, -0.15) is 0 Å². The molecule has 0 N–H and O–H groups in total. The van der Waals surface area contributed by atoms with Crippen LogP contribution in [-0.2, 0) is 20.9 Å². The number of rotatable bonds is 6. The summed E-state index contributed by atoms with van der Waals surface area (Å²) in [5, 5.41) is 0. The maximum Gasteiger partial charge on any atom is 0.338 e. The minimum Gasteiger partial charge on any atom is -0.454 e. The van der Waals surface area contributed by atoms with Gasteiger partial charge in [0.15, 0.2) is 6.61 Å². The van der Waals surface area contributed by atoms with E-state index in [2.05, 4.69) is 0 Å². The van der Waals surface area contributed by atoms with E-state index in [1.807, 2.05) is 32.9 Å². The van der Waals surface area contributed by atoms with E-state index in [9.17, 15) is 19.2 Å². The zero-order valence-electron chi connectivity index (χ0n) is 16.8. The van der Waals surface area contributed by atoms with E-state index in [1.54, 1.807) is 24.3 Å². The third kappa shape index (κ3) is 4.59. The third-order valence-electron chi connectivity index (χ3n) is 5.16. The predicted octanol–water partition coefficient (Wildman–Crippen LogP) is 3.30. The Kier molecular flexibility index (Phi) is 5.92. The number of carbonyl (C=O) groups excluding carboxylic acids is 4. The minimum absolute atomic E-state index is 0.182. The summed E-state index contributed by atoms with van der Waals surface area (Å²) >= 11 is 0. The predicted molar refractivity (Wildman–Crippen MR) is 106 cm³/mol. The number of Topliss-reactive ketones (excluding diaryl/α,β-unsaturated/α-hetero) is 1. The number of hydrogen-bond acceptors (Lipinski definition) is 5. The first-order valence-corrected chi connectivity index (χ1v) is 9.46. The van der Waals surface area contributed by atoms with Gasteiger partial charge in [0.05, 0.1) is 12.1 Å². The monoisotopic (exact) mass is 393 g/mol. The molecule has 2 amide bonds. The SMILES string of the molecule is Cc1cc(C)c(C(=O)COC(=O)c2ccc(CN3C(=O)CCC3=O)cc2)cc1C. The third-order valence-corrected chi connectivity index (χ3v) is 5.16. The van der Waals surface area contributed by atoms with Crippen molar-refractivity contribution in [3.8, 4) is 0 Å². The molecule has 29 heavy (non-hydrogen) atoms. The van der Waals surface area contributed by atoms with Gasteiger partial charge >= 0.3 is 5.97 Å². The number of carbonyl (C=O) groups is 4. The van der Waals surface area contributed by atoms with Gasteiger partial charge in [-0.05, 0) is 61.2 Å². The molecule has 2 aromatic rings. The second-order valence-corrected chi connectivity index (χ2v) is 7.32. The fourth-order valence-corrected chi connectivity index (χ4v) is 3.28. The zero-order valence-corrected chi connectivity index (χ0v) is 16.8. The Morgan fingerprint density at radius 1 is 0.897 bits per heavy atom. The lowest BCUT2D eigenvalue weighted by atomic mass is 9.98. The molecular formula is C23H23NO5. The summed E-state index contributed by atoms with van der Waals surface area (Å²) in [6.45, 7) is 5.63. The summed E-state index contributed by atoms with van der Waals surface area (Å²) in [6.07, 6.45) is 0.495. The summed E-state index contributed by atoms with van der Waals surface area (Å²) in [5.74, 6) is -1.21. The maximum absolute atomic E-state index is 12.4. The largest absolute Gasteiger partial charge is 0.454 e. The van der Waals surface area contributed by atoms with Crippen LogP contribution in [-0.4, -0.2) is 35.1 Å². The summed E-state index contributed by atoms with van der Waals surface area (Å²) in [7, 11) is 0. The van der Waals surface area contributed by atoms with Gasteiger partial charge in [0.1, 0.15) is 0 Å². The lowest BCUT2D eigenvalue weighted by Gasteiger charge is -2.14. The van der Waals surface area contributed by atoms with E-state index < -0.39 is 5.97 Å². The molecule has 0 aliphatic carbocycles. The number of ketones is 1. The van der Waals surface area contributed by atoms with E-state index in [0.717, 1.165) is 22.3 Å². The van der Waals surface area contributed by atoms with Crippen LogP contribution in [0.25, 0.3) is 0 Å². The van der Waals surface area contributed by atoms with Crippen LogP contribution < -0.4 is 0 Å². The Hall–Kier alpha value is -3.28. The lowest BCUT2D eigenvalue weighted by Crippen LogP contribution is -2.28. The van der Waals surface area contributed by atoms with E-state index >= 15 is 0 Å². The highest BCUT2D eigenvalue weighted by atomic mass is 16.5. The molecule has 0 spiro atoms. The van der Waals surface area contributed by atoms with Crippen molar-refractivity contribution in [1.29, 1.82) is 0 Å². The fourth-order valence-electron chi connectivity index (χ4n) is 3.28. The highest BCUT2D eigenvalue weighted by Gasteiger charge is 2.28. The van der Waals surface area contributed by atoms with Crippen molar-refractivity contribution in [1.82, 2.24) is 4.90 Å². The van der Waals surface area contributed by atoms with Crippen LogP contribution >= 0.6 is 0 Å². The molecule has 1 heterocycles. The molecule has 0 atom stereocenters. The number of imide groups is 1. The smallest absolute Gasteiger partial charge is 0.338 e. The zero-order chi connectivity index (χ0) is 21.1. The standard InChI is InChI=1S/C23H23NO5/c1-14-10-16(3)19(11-15(14)2)20(25)13-29-23(28)18-6-4-17(5-7-18)12-24-21(26)8-9-22(24)27/h4-7,10-11H,8-9,12-13H2,1-3H3. The van der Waals surface area contributed by atoms with Gasteiger partial charge in [0.2, 0.25) is 17.6 Å². The van der Waals surface area contributed by atoms with E-state index in [-0.39, 0.29) is 43.6 Å². The molecule has 0 radical (unpaired) electrons. The van der Waals surface area contributed by atoms with Crippen LogP contribution in [0.5, 0.6) is 0 Å². The Balaban J connectivity index is 1.60. The second kappa shape index (κ2) is 8.39. The molecule has 6 nitrogen and oxygen atoms in total. The van der Waals surface area contributed by atoms with Gasteiger partial charge in [-0.25, -0.2) is 4.79 Å². The van der Waals surface area contributed by atoms with Gasteiger partial charge in [-0.3, -0.25) is 19.3 Å². The molecule has 0 unspecified atom stereocenters. The van der Waals surface area contributed by atoms with Crippen LogP contribution in [0, 0.1) is 20.8 Å². The molecular weight excluding hydrogens is 370 g/mol. The molecule has 150 valence electrons. The van der Waals surface area contributed by atoms with Gasteiger partial charge in [0, 0.05) is 18.4 Å². The molecule has 1 saturated heterocycles. The number of nitrogens with zero attached hydrogens (tertiary/aromatic N) is 1. The number of likely N-dealkylation sites (tertiary alicyclic amines) is 1. The van der Waals surface area contributed by atoms with Crippen molar-refractivity contribution in [3.05, 3.63) is 69.8 Å². The van der Waals surface area contributed by atoms with Gasteiger partial charge in [0.25, 0.3) is 0 Å². The number of amides is 2. The van der Waals surface area contributed by atoms with Crippen LogP contribution in [0.2, 0.25) is 0 Å². The molecule has 0 bridgehead atoms. The van der Waals surface area contributed by atoms with Crippen molar-refractivity contribution in [2.24, 2.45) is 0 Å². The van der Waals surface area contributed by atoms with Gasteiger partial charge in [-0.15, -0.1) is 0 Å². The van der Waals surface area contributed by atoms with Crippen molar-refractivity contribution in [2.75, 3.05) is 6.61 Å². The normalized spacial score (nSPS) is 13.7. The first kappa shape index (κ1) is 20.5. The molecule has 1 aliphatic rings. The summed E-state index contributed by atoms with van der Waals surface area (Å²) in [6, 6.07) is 10.2. The Bertz CT molecular complexity index is 975. The average Bonchev–Trinajstić information content (AvgIpc) is 3.01. The van der Waals surface area contributed by atoms with Crippen molar-refractivity contribution < 1.29 is 23.9 Å². The second-order valence-electron chi connectivity index (χ2n) is 7.32. The van der Waals surface area contributed by atoms with Crippen molar-refractivity contribution >= 4 is 23.6 Å². The molecule has 1 aliphatic heterocycles. The number of hydrogen-bond donors (Lipinski definition) is 0. The summed E-state index contributed by atoms with van der Waals surface area (Å²) in [5.41, 5.74) is 4.56. The van der Waals surface area contributed by atoms with E-state index in [1.165, 1.54) is 4.90 Å². The molecule has 3 rings (SSSR count). The first-order valence-electron chi connectivity index (χ1n) is 9.46. The van der Waals surface area contributed by atoms with Gasteiger partial charge in [-0.1, -0.05) is 18.2 Å². The number of ether oxygens (including phenoxy) is 1. The molecule has 0 saturated carbocycles.